The zero-order valence-electron chi connectivity index (χ0n) is 10.1. The largest absolute Gasteiger partial charge is 0.299 e. The minimum absolute atomic E-state index is 0.340. The molecule has 1 heterocycles. The maximum absolute atomic E-state index is 11.8. The summed E-state index contributed by atoms with van der Waals surface area (Å²) in [6, 6.07) is 11.1. The van der Waals surface area contributed by atoms with Crippen molar-refractivity contribution in [1.29, 1.82) is 0 Å². The van der Waals surface area contributed by atoms with Crippen molar-refractivity contribution in [3.63, 3.8) is 0 Å². The van der Waals surface area contributed by atoms with E-state index in [1.165, 1.54) is 12.0 Å². The van der Waals surface area contributed by atoms with E-state index in [0.29, 0.717) is 17.7 Å². The van der Waals surface area contributed by atoms with E-state index in [2.05, 4.69) is 35.2 Å². The summed E-state index contributed by atoms with van der Waals surface area (Å²) in [5.41, 5.74) is 1.37. The van der Waals surface area contributed by atoms with Crippen LogP contribution in [0.3, 0.4) is 0 Å². The van der Waals surface area contributed by atoms with Crippen LogP contribution in [0, 0.1) is 5.92 Å². The fourth-order valence-corrected chi connectivity index (χ4v) is 3.36. The van der Waals surface area contributed by atoms with Crippen molar-refractivity contribution in [1.82, 2.24) is 4.90 Å². The van der Waals surface area contributed by atoms with E-state index in [9.17, 15) is 4.79 Å². The number of nitrogens with zero attached hydrogens (tertiary/aromatic N) is 1. The van der Waals surface area contributed by atoms with Gasteiger partial charge >= 0.3 is 0 Å². The topological polar surface area (TPSA) is 20.3 Å². The van der Waals surface area contributed by atoms with E-state index in [4.69, 9.17) is 0 Å². The lowest BCUT2D eigenvalue weighted by atomic mass is 9.84. The number of rotatable bonds is 2. The molecule has 0 N–H and O–H groups in total. The summed E-state index contributed by atoms with van der Waals surface area (Å²) < 4.78 is 0. The van der Waals surface area contributed by atoms with Crippen LogP contribution in [0.15, 0.2) is 30.3 Å². The van der Waals surface area contributed by atoms with Gasteiger partial charge < -0.3 is 0 Å². The zero-order valence-corrected chi connectivity index (χ0v) is 10.1. The van der Waals surface area contributed by atoms with Gasteiger partial charge in [-0.3, -0.25) is 9.69 Å². The normalized spacial score (nSPS) is 29.3. The average Bonchev–Trinajstić information content (AvgIpc) is 2.76. The van der Waals surface area contributed by atoms with E-state index < -0.39 is 0 Å². The summed E-state index contributed by atoms with van der Waals surface area (Å²) in [4.78, 5) is 14.4. The third-order valence-corrected chi connectivity index (χ3v) is 4.23. The van der Waals surface area contributed by atoms with E-state index in [1.54, 1.807) is 0 Å². The number of carbonyl (C=O) groups excluding carboxylic acids is 1. The standard InChI is InChI=1S/C15H19NO/c17-15-8-4-7-14-13(15)9-10-16(14)11-12-5-2-1-3-6-12/h1-3,5-6,13-14H,4,7-11H2/t13-,14-/m0/s1. The number of likely N-dealkylation sites (tertiary alicyclic amines) is 1. The molecule has 1 aliphatic carbocycles. The van der Waals surface area contributed by atoms with Gasteiger partial charge in [-0.25, -0.2) is 0 Å². The highest BCUT2D eigenvalue weighted by atomic mass is 16.1. The fourth-order valence-electron chi connectivity index (χ4n) is 3.36. The van der Waals surface area contributed by atoms with Crippen LogP contribution in [0.25, 0.3) is 0 Å². The van der Waals surface area contributed by atoms with Crippen LogP contribution in [0.1, 0.15) is 31.2 Å². The number of Topliss-reactive ketones (excluding diaryl/α,β-unsaturated/α-hetero) is 1. The predicted octanol–water partition coefficient (Wildman–Crippen LogP) is 2.63. The molecular weight excluding hydrogens is 210 g/mol. The Hall–Kier alpha value is -1.15. The maximum Gasteiger partial charge on any atom is 0.137 e. The van der Waals surface area contributed by atoms with Crippen LogP contribution < -0.4 is 0 Å². The van der Waals surface area contributed by atoms with Crippen molar-refractivity contribution in [2.45, 2.75) is 38.3 Å². The third kappa shape index (κ3) is 2.14. The number of ketones is 1. The van der Waals surface area contributed by atoms with Gasteiger partial charge in [0.2, 0.25) is 0 Å². The van der Waals surface area contributed by atoms with E-state index in [-0.39, 0.29) is 0 Å². The van der Waals surface area contributed by atoms with E-state index in [1.807, 2.05) is 0 Å². The molecule has 0 unspecified atom stereocenters. The summed E-state index contributed by atoms with van der Waals surface area (Å²) in [5.74, 6) is 0.851. The minimum atomic E-state index is 0.340. The second-order valence-electron chi connectivity index (χ2n) is 5.28. The molecule has 0 radical (unpaired) electrons. The van der Waals surface area contributed by atoms with Crippen LogP contribution in [0.5, 0.6) is 0 Å². The lowest BCUT2D eigenvalue weighted by Gasteiger charge is -2.30. The second kappa shape index (κ2) is 4.61. The first-order valence-corrected chi connectivity index (χ1v) is 6.65. The first-order chi connectivity index (χ1) is 8.34. The average molecular weight is 229 g/mol. The quantitative estimate of drug-likeness (QED) is 0.777. The monoisotopic (exact) mass is 229 g/mol. The Labute approximate surface area is 103 Å². The Kier molecular flexibility index (Phi) is 2.98. The zero-order chi connectivity index (χ0) is 11.7. The van der Waals surface area contributed by atoms with Crippen LogP contribution >= 0.6 is 0 Å². The highest BCUT2D eigenvalue weighted by Gasteiger charge is 2.40. The summed E-state index contributed by atoms with van der Waals surface area (Å²) in [6.07, 6.45) is 4.20. The number of carbonyl (C=O) groups is 1. The molecule has 1 saturated heterocycles. The molecule has 0 aromatic heterocycles. The van der Waals surface area contributed by atoms with Gasteiger partial charge in [0.15, 0.2) is 0 Å². The molecule has 3 rings (SSSR count). The molecule has 1 aromatic rings. The highest BCUT2D eigenvalue weighted by molar-refractivity contribution is 5.82. The van der Waals surface area contributed by atoms with Crippen LogP contribution in [-0.4, -0.2) is 23.3 Å². The molecule has 2 atom stereocenters. The van der Waals surface area contributed by atoms with Crippen molar-refractivity contribution < 1.29 is 4.79 Å². The first-order valence-electron chi connectivity index (χ1n) is 6.65. The van der Waals surface area contributed by atoms with Crippen molar-refractivity contribution in [3.8, 4) is 0 Å². The lowest BCUT2D eigenvalue weighted by Crippen LogP contribution is -2.38. The molecule has 0 bridgehead atoms. The molecule has 1 aliphatic heterocycles. The SMILES string of the molecule is O=C1CCC[C@H]2[C@@H]1CCN2Cc1ccccc1. The molecule has 17 heavy (non-hydrogen) atoms. The van der Waals surface area contributed by atoms with Gasteiger partial charge in [0.1, 0.15) is 5.78 Å². The lowest BCUT2D eigenvalue weighted by molar-refractivity contribution is -0.125. The van der Waals surface area contributed by atoms with Crippen molar-refractivity contribution >= 4 is 5.78 Å². The third-order valence-electron chi connectivity index (χ3n) is 4.23. The molecule has 2 nitrogen and oxygen atoms in total. The van der Waals surface area contributed by atoms with Gasteiger partial charge in [-0.15, -0.1) is 0 Å². The second-order valence-corrected chi connectivity index (χ2v) is 5.28. The first kappa shape index (κ1) is 11.0. The van der Waals surface area contributed by atoms with Gasteiger partial charge in [-0.2, -0.15) is 0 Å². The molecule has 0 spiro atoms. The summed E-state index contributed by atoms with van der Waals surface area (Å²) in [6.45, 7) is 2.10. The van der Waals surface area contributed by atoms with Crippen LogP contribution in [0.2, 0.25) is 0 Å². The Morgan fingerprint density at radius 1 is 1.18 bits per heavy atom. The number of hydrogen-bond acceptors (Lipinski definition) is 2. The summed E-state index contributed by atoms with van der Waals surface area (Å²) >= 11 is 0. The van der Waals surface area contributed by atoms with Gasteiger partial charge in [-0.1, -0.05) is 30.3 Å². The van der Waals surface area contributed by atoms with Gasteiger partial charge in [0, 0.05) is 24.9 Å². The highest BCUT2D eigenvalue weighted by Crippen LogP contribution is 2.34. The summed E-state index contributed by atoms with van der Waals surface area (Å²) in [7, 11) is 0. The molecule has 1 saturated carbocycles. The molecule has 2 fully saturated rings. The van der Waals surface area contributed by atoms with Gasteiger partial charge in [-0.05, 0) is 31.4 Å². The Balaban J connectivity index is 1.71. The van der Waals surface area contributed by atoms with Gasteiger partial charge in [0.05, 0.1) is 0 Å². The van der Waals surface area contributed by atoms with Crippen molar-refractivity contribution in [2.75, 3.05) is 6.54 Å². The predicted molar refractivity (Wildman–Crippen MR) is 67.6 cm³/mol. The molecule has 2 aliphatic rings. The van der Waals surface area contributed by atoms with Gasteiger partial charge in [0.25, 0.3) is 0 Å². The number of benzene rings is 1. The fraction of sp³-hybridized carbons (Fsp3) is 0.533. The molecule has 90 valence electrons. The molecular formula is C15H19NO. The number of hydrogen-bond donors (Lipinski definition) is 0. The molecule has 0 amide bonds. The minimum Gasteiger partial charge on any atom is -0.299 e. The van der Waals surface area contributed by atoms with E-state index in [0.717, 1.165) is 32.4 Å². The van der Waals surface area contributed by atoms with Crippen molar-refractivity contribution in [2.24, 2.45) is 5.92 Å². The van der Waals surface area contributed by atoms with Crippen LogP contribution in [0.4, 0.5) is 0 Å². The smallest absolute Gasteiger partial charge is 0.137 e. The Morgan fingerprint density at radius 2 is 2.00 bits per heavy atom. The Morgan fingerprint density at radius 3 is 2.82 bits per heavy atom. The molecule has 2 heteroatoms. The van der Waals surface area contributed by atoms with Crippen molar-refractivity contribution in [3.05, 3.63) is 35.9 Å². The van der Waals surface area contributed by atoms with Crippen LogP contribution in [-0.2, 0) is 11.3 Å². The molecule has 1 aromatic carbocycles. The van der Waals surface area contributed by atoms with E-state index >= 15 is 0 Å². The maximum atomic E-state index is 11.8. The number of fused-ring (bicyclic) bond motifs is 1. The summed E-state index contributed by atoms with van der Waals surface area (Å²) in [5, 5.41) is 0. The Bertz CT molecular complexity index is 401.